The van der Waals surface area contributed by atoms with Gasteiger partial charge in [0.2, 0.25) is 0 Å². The van der Waals surface area contributed by atoms with E-state index in [1.54, 1.807) is 0 Å². The van der Waals surface area contributed by atoms with Crippen molar-refractivity contribution in [2.75, 3.05) is 11.6 Å². The van der Waals surface area contributed by atoms with Crippen LogP contribution in [0, 0.1) is 0 Å². The first kappa shape index (κ1) is 8.57. The van der Waals surface area contributed by atoms with Gasteiger partial charge in [0.1, 0.15) is 0 Å². The fraction of sp³-hybridized carbons (Fsp3) is 0.300. The van der Waals surface area contributed by atoms with Gasteiger partial charge in [0.15, 0.2) is 0 Å². The molecule has 13 heavy (non-hydrogen) atoms. The summed E-state index contributed by atoms with van der Waals surface area (Å²) in [5.74, 6) is 0. The van der Waals surface area contributed by atoms with Gasteiger partial charge >= 0.3 is 0 Å². The zero-order chi connectivity index (χ0) is 9.26. The number of anilines is 1. The zero-order valence-corrected chi connectivity index (χ0v) is 8.25. The Morgan fingerprint density at radius 2 is 2.31 bits per heavy atom. The number of hydrogen-bond acceptors (Lipinski definition) is 2. The molecule has 0 saturated heterocycles. The molecule has 0 atom stereocenters. The molecule has 0 radical (unpaired) electrons. The summed E-state index contributed by atoms with van der Waals surface area (Å²) < 4.78 is 0. The summed E-state index contributed by atoms with van der Waals surface area (Å²) in [5.41, 5.74) is 2.25. The average Bonchev–Trinajstić information content (AvgIpc) is 2.52. The van der Waals surface area contributed by atoms with Crippen molar-refractivity contribution < 1.29 is 0 Å². The third kappa shape index (κ3) is 1.83. The van der Waals surface area contributed by atoms with Crippen LogP contribution in [0.2, 0.25) is 5.02 Å². The van der Waals surface area contributed by atoms with Crippen molar-refractivity contribution in [1.29, 1.82) is 0 Å². The average molecular weight is 195 g/mol. The molecule has 0 aliphatic carbocycles. The van der Waals surface area contributed by atoms with Crippen LogP contribution < -0.4 is 5.01 Å². The highest BCUT2D eigenvalue weighted by molar-refractivity contribution is 6.30. The summed E-state index contributed by atoms with van der Waals surface area (Å²) in [6.45, 7) is 3.01. The van der Waals surface area contributed by atoms with Crippen molar-refractivity contribution >= 4 is 23.0 Å². The van der Waals surface area contributed by atoms with Gasteiger partial charge in [-0.3, -0.25) is 5.01 Å². The van der Waals surface area contributed by atoms with Crippen molar-refractivity contribution in [2.45, 2.75) is 13.3 Å². The Morgan fingerprint density at radius 1 is 1.46 bits per heavy atom. The quantitative estimate of drug-likeness (QED) is 0.671. The molecule has 0 amide bonds. The van der Waals surface area contributed by atoms with E-state index in [0.717, 1.165) is 23.7 Å². The van der Waals surface area contributed by atoms with Crippen LogP contribution in [0.3, 0.4) is 0 Å². The first-order valence-electron chi connectivity index (χ1n) is 4.33. The molecular formula is C10H11ClN2. The van der Waals surface area contributed by atoms with Crippen molar-refractivity contribution in [1.82, 2.24) is 0 Å². The van der Waals surface area contributed by atoms with Crippen LogP contribution in [0.5, 0.6) is 0 Å². The van der Waals surface area contributed by atoms with Crippen LogP contribution in [0.4, 0.5) is 5.69 Å². The van der Waals surface area contributed by atoms with E-state index in [1.165, 1.54) is 5.71 Å². The molecule has 0 saturated carbocycles. The lowest BCUT2D eigenvalue weighted by atomic mass is 10.3. The van der Waals surface area contributed by atoms with Gasteiger partial charge in [-0.2, -0.15) is 5.10 Å². The first-order chi connectivity index (χ1) is 6.25. The van der Waals surface area contributed by atoms with E-state index in [1.807, 2.05) is 36.2 Å². The Bertz CT molecular complexity index is 347. The van der Waals surface area contributed by atoms with Crippen LogP contribution >= 0.6 is 11.6 Å². The smallest absolute Gasteiger partial charge is 0.0608 e. The number of hydrazone groups is 1. The third-order valence-electron chi connectivity index (χ3n) is 2.08. The van der Waals surface area contributed by atoms with Crippen LogP contribution in [0.15, 0.2) is 29.4 Å². The Balaban J connectivity index is 2.26. The van der Waals surface area contributed by atoms with Gasteiger partial charge in [0.05, 0.1) is 5.69 Å². The maximum absolute atomic E-state index is 5.88. The van der Waals surface area contributed by atoms with Crippen LogP contribution in [-0.4, -0.2) is 12.3 Å². The minimum absolute atomic E-state index is 0.761. The van der Waals surface area contributed by atoms with Gasteiger partial charge in [-0.15, -0.1) is 0 Å². The number of halogens is 1. The topological polar surface area (TPSA) is 15.6 Å². The molecule has 68 valence electrons. The predicted molar refractivity (Wildman–Crippen MR) is 56.5 cm³/mol. The Morgan fingerprint density at radius 3 is 2.92 bits per heavy atom. The van der Waals surface area contributed by atoms with Crippen LogP contribution in [-0.2, 0) is 0 Å². The molecule has 0 N–H and O–H groups in total. The molecule has 0 unspecified atom stereocenters. The van der Waals surface area contributed by atoms with Crippen LogP contribution in [0.25, 0.3) is 0 Å². The molecule has 0 aromatic heterocycles. The van der Waals surface area contributed by atoms with E-state index in [4.69, 9.17) is 11.6 Å². The fourth-order valence-electron chi connectivity index (χ4n) is 1.40. The summed E-state index contributed by atoms with van der Waals surface area (Å²) >= 11 is 5.88. The molecule has 1 heterocycles. The molecule has 2 nitrogen and oxygen atoms in total. The molecule has 0 bridgehead atoms. The first-order valence-corrected chi connectivity index (χ1v) is 4.71. The van der Waals surface area contributed by atoms with Crippen molar-refractivity contribution in [2.24, 2.45) is 5.10 Å². The fourth-order valence-corrected chi connectivity index (χ4v) is 1.58. The maximum atomic E-state index is 5.88. The Labute approximate surface area is 82.8 Å². The Kier molecular flexibility index (Phi) is 2.23. The minimum atomic E-state index is 0.761. The van der Waals surface area contributed by atoms with Crippen LogP contribution in [0.1, 0.15) is 13.3 Å². The van der Waals surface area contributed by atoms with Gasteiger partial charge in [-0.05, 0) is 25.1 Å². The third-order valence-corrected chi connectivity index (χ3v) is 2.32. The lowest BCUT2D eigenvalue weighted by molar-refractivity contribution is 0.922. The second kappa shape index (κ2) is 3.38. The molecular weight excluding hydrogens is 184 g/mol. The molecule has 0 spiro atoms. The minimum Gasteiger partial charge on any atom is -0.265 e. The normalized spacial score (nSPS) is 16.2. The molecule has 3 heteroatoms. The van der Waals surface area contributed by atoms with E-state index in [-0.39, 0.29) is 0 Å². The number of rotatable bonds is 1. The molecule has 1 aromatic rings. The van der Waals surface area contributed by atoms with E-state index in [2.05, 4.69) is 5.10 Å². The highest BCUT2D eigenvalue weighted by Crippen LogP contribution is 2.22. The van der Waals surface area contributed by atoms with E-state index >= 15 is 0 Å². The second-order valence-electron chi connectivity index (χ2n) is 3.19. The molecule has 2 rings (SSSR count). The standard InChI is InChI=1S/C10H11ClN2/c1-8-5-6-13(12-8)10-4-2-3-9(11)7-10/h2-4,7H,5-6H2,1H3. The summed E-state index contributed by atoms with van der Waals surface area (Å²) in [6.07, 6.45) is 1.05. The predicted octanol–water partition coefficient (Wildman–Crippen LogP) is 2.93. The molecule has 0 fully saturated rings. The SMILES string of the molecule is CC1=NN(c2cccc(Cl)c2)CC1. The number of hydrogen-bond donors (Lipinski definition) is 0. The van der Waals surface area contributed by atoms with Gasteiger partial charge < -0.3 is 0 Å². The molecule has 1 aromatic carbocycles. The maximum Gasteiger partial charge on any atom is 0.0608 e. The molecule has 1 aliphatic rings. The van der Waals surface area contributed by atoms with E-state index in [9.17, 15) is 0 Å². The lowest BCUT2D eigenvalue weighted by Gasteiger charge is -2.13. The highest BCUT2D eigenvalue weighted by Gasteiger charge is 2.12. The summed E-state index contributed by atoms with van der Waals surface area (Å²) in [7, 11) is 0. The van der Waals surface area contributed by atoms with E-state index in [0.29, 0.717) is 0 Å². The summed E-state index contributed by atoms with van der Waals surface area (Å²) in [5, 5.41) is 7.14. The summed E-state index contributed by atoms with van der Waals surface area (Å²) in [4.78, 5) is 0. The largest absolute Gasteiger partial charge is 0.265 e. The van der Waals surface area contributed by atoms with Gasteiger partial charge in [-0.25, -0.2) is 0 Å². The van der Waals surface area contributed by atoms with E-state index < -0.39 is 0 Å². The van der Waals surface area contributed by atoms with Crippen molar-refractivity contribution in [3.63, 3.8) is 0 Å². The van der Waals surface area contributed by atoms with Gasteiger partial charge in [-0.1, -0.05) is 17.7 Å². The number of benzene rings is 1. The lowest BCUT2D eigenvalue weighted by Crippen LogP contribution is -2.11. The number of nitrogens with zero attached hydrogens (tertiary/aromatic N) is 2. The Hall–Kier alpha value is -1.02. The summed E-state index contributed by atoms with van der Waals surface area (Å²) in [6, 6.07) is 7.77. The van der Waals surface area contributed by atoms with Crippen molar-refractivity contribution in [3.8, 4) is 0 Å². The van der Waals surface area contributed by atoms with Crippen molar-refractivity contribution in [3.05, 3.63) is 29.3 Å². The highest BCUT2D eigenvalue weighted by atomic mass is 35.5. The zero-order valence-electron chi connectivity index (χ0n) is 7.50. The molecule has 1 aliphatic heterocycles. The van der Waals surface area contributed by atoms with Gasteiger partial charge in [0.25, 0.3) is 0 Å². The van der Waals surface area contributed by atoms with Gasteiger partial charge in [0, 0.05) is 23.7 Å². The monoisotopic (exact) mass is 194 g/mol. The second-order valence-corrected chi connectivity index (χ2v) is 3.62.